The minimum Gasteiger partial charge on any atom is -0.329 e. The summed E-state index contributed by atoms with van der Waals surface area (Å²) in [6.07, 6.45) is 0.830. The summed E-state index contributed by atoms with van der Waals surface area (Å²) in [4.78, 5) is 0. The Bertz CT molecular complexity index is 493. The van der Waals surface area contributed by atoms with Gasteiger partial charge in [0.1, 0.15) is 0 Å². The number of anilines is 1. The zero-order valence-corrected chi connectivity index (χ0v) is 15.5. The highest BCUT2D eigenvalue weighted by Gasteiger charge is 2.28. The van der Waals surface area contributed by atoms with Gasteiger partial charge in [-0.15, -0.1) is 0 Å². The summed E-state index contributed by atoms with van der Waals surface area (Å²) in [5.74, 6) is 1.49. The molecule has 2 N–H and O–H groups in total. The number of hydrogen-bond acceptors (Lipinski definition) is 5. The van der Waals surface area contributed by atoms with Crippen LogP contribution < -0.4 is 8.85 Å². The largest absolute Gasteiger partial charge is 0.456 e. The van der Waals surface area contributed by atoms with Gasteiger partial charge in [-0.05, 0) is 56.4 Å². The van der Waals surface area contributed by atoms with E-state index in [2.05, 4.69) is 42.6 Å². The van der Waals surface area contributed by atoms with E-state index in [4.69, 9.17) is 0 Å². The summed E-state index contributed by atoms with van der Waals surface area (Å²) in [6, 6.07) is 2.17. The monoisotopic (exact) mass is 370 g/mol. The summed E-state index contributed by atoms with van der Waals surface area (Å²) >= 11 is 2.47. The molecule has 0 aliphatic carbocycles. The lowest BCUT2D eigenvalue weighted by Crippen LogP contribution is -2.07. The van der Waals surface area contributed by atoms with Crippen molar-refractivity contribution in [3.05, 3.63) is 28.3 Å². The maximum atomic E-state index is 11.9. The normalized spacial score (nSPS) is 11.8. The van der Waals surface area contributed by atoms with Gasteiger partial charge in [0.15, 0.2) is 0 Å². The van der Waals surface area contributed by atoms with E-state index in [0.717, 1.165) is 29.8 Å². The van der Waals surface area contributed by atoms with Crippen molar-refractivity contribution in [3.63, 3.8) is 0 Å². The second kappa shape index (κ2) is 9.20. The second-order valence-electron chi connectivity index (χ2n) is 4.92. The van der Waals surface area contributed by atoms with Crippen molar-refractivity contribution < 1.29 is 13.2 Å². The first-order chi connectivity index (χ1) is 10.2. The molecule has 0 radical (unpaired) electrons. The first-order valence-electron chi connectivity index (χ1n) is 6.79. The molecule has 1 rings (SSSR count). The number of halogens is 3. The molecule has 0 amide bonds. The van der Waals surface area contributed by atoms with E-state index in [9.17, 15) is 13.2 Å². The van der Waals surface area contributed by atoms with Crippen LogP contribution in [0.1, 0.15) is 28.7 Å². The van der Waals surface area contributed by atoms with Crippen LogP contribution in [-0.2, 0) is 0 Å². The Kier molecular flexibility index (Phi) is 8.31. The Balaban J connectivity index is 2.25. The molecule has 0 saturated carbocycles. The molecule has 22 heavy (non-hydrogen) atoms. The topological polar surface area (TPSA) is 24.1 Å². The Morgan fingerprint density at radius 3 is 2.23 bits per heavy atom. The van der Waals surface area contributed by atoms with Crippen LogP contribution in [0.25, 0.3) is 0 Å². The van der Waals surface area contributed by atoms with Crippen LogP contribution in [0.2, 0.25) is 0 Å². The van der Waals surface area contributed by atoms with Gasteiger partial charge in [0.25, 0.3) is 0 Å². The molecular weight excluding hydrogens is 349 g/mol. The fourth-order valence-electron chi connectivity index (χ4n) is 1.89. The predicted octanol–water partition coefficient (Wildman–Crippen LogP) is 5.78. The molecule has 0 saturated heterocycles. The number of hydrogen-bond donors (Lipinski definition) is 2. The second-order valence-corrected chi connectivity index (χ2v) is 7.85. The molecular formula is C14H21F3N2S3. The smallest absolute Gasteiger partial charge is 0.329 e. The molecule has 0 atom stereocenters. The summed E-state index contributed by atoms with van der Waals surface area (Å²) in [5.41, 5.74) is 1.97. The SMILES string of the molecule is Cc1cc(C)c(NSCCCSNSC(F)(F)F)c(C)c1C. The van der Waals surface area contributed by atoms with Crippen molar-refractivity contribution in [1.82, 2.24) is 4.13 Å². The molecule has 0 spiro atoms. The first-order valence-corrected chi connectivity index (χ1v) is 9.58. The Hall–Kier alpha value is -0.180. The van der Waals surface area contributed by atoms with Crippen molar-refractivity contribution in [3.8, 4) is 0 Å². The molecule has 8 heteroatoms. The van der Waals surface area contributed by atoms with Crippen LogP contribution in [0.3, 0.4) is 0 Å². The average molecular weight is 371 g/mol. The van der Waals surface area contributed by atoms with E-state index in [1.54, 1.807) is 11.9 Å². The van der Waals surface area contributed by atoms with Crippen molar-refractivity contribution in [2.45, 2.75) is 39.6 Å². The lowest BCUT2D eigenvalue weighted by atomic mass is 9.99. The zero-order chi connectivity index (χ0) is 16.8. The number of benzene rings is 1. The minimum absolute atomic E-state index is 0.208. The lowest BCUT2D eigenvalue weighted by Gasteiger charge is -2.16. The van der Waals surface area contributed by atoms with Crippen molar-refractivity contribution in [1.29, 1.82) is 0 Å². The minimum atomic E-state index is -4.22. The third-order valence-electron chi connectivity index (χ3n) is 3.24. The quantitative estimate of drug-likeness (QED) is 0.446. The molecule has 0 bridgehead atoms. The molecule has 0 fully saturated rings. The average Bonchev–Trinajstić information content (AvgIpc) is 2.41. The zero-order valence-electron chi connectivity index (χ0n) is 13.1. The maximum Gasteiger partial charge on any atom is 0.456 e. The highest BCUT2D eigenvalue weighted by molar-refractivity contribution is 8.13. The van der Waals surface area contributed by atoms with E-state index < -0.39 is 5.51 Å². The summed E-state index contributed by atoms with van der Waals surface area (Å²) in [5, 5.41) is 0. The van der Waals surface area contributed by atoms with Gasteiger partial charge in [0.2, 0.25) is 0 Å². The van der Waals surface area contributed by atoms with Gasteiger partial charge >= 0.3 is 5.51 Å². The van der Waals surface area contributed by atoms with Crippen LogP contribution in [0.4, 0.5) is 18.9 Å². The molecule has 0 aliphatic rings. The molecule has 126 valence electrons. The number of nitrogens with one attached hydrogen (secondary N) is 2. The molecule has 1 aromatic carbocycles. The molecule has 2 nitrogen and oxygen atoms in total. The fraction of sp³-hybridized carbons (Fsp3) is 0.571. The summed E-state index contributed by atoms with van der Waals surface area (Å²) < 4.78 is 41.3. The summed E-state index contributed by atoms with van der Waals surface area (Å²) in [6.45, 7) is 8.40. The van der Waals surface area contributed by atoms with Gasteiger partial charge in [-0.3, -0.25) is 0 Å². The van der Waals surface area contributed by atoms with Gasteiger partial charge < -0.3 is 4.72 Å². The third kappa shape index (κ3) is 6.93. The number of alkyl halides is 3. The summed E-state index contributed by atoms with van der Waals surface area (Å²) in [7, 11) is 0. The Labute approximate surface area is 143 Å². The van der Waals surface area contributed by atoms with E-state index in [1.165, 1.54) is 22.3 Å². The van der Waals surface area contributed by atoms with Gasteiger partial charge in [-0.25, -0.2) is 4.13 Å². The highest BCUT2D eigenvalue weighted by atomic mass is 32.2. The molecule has 0 aliphatic heterocycles. The van der Waals surface area contributed by atoms with Gasteiger partial charge in [0.05, 0.1) is 5.69 Å². The van der Waals surface area contributed by atoms with Crippen LogP contribution in [0.15, 0.2) is 6.07 Å². The molecule has 1 aromatic rings. The lowest BCUT2D eigenvalue weighted by molar-refractivity contribution is -0.0331. The third-order valence-corrected chi connectivity index (χ3v) is 5.61. The maximum absolute atomic E-state index is 11.9. The molecule has 0 heterocycles. The van der Waals surface area contributed by atoms with Gasteiger partial charge in [-0.1, -0.05) is 30.0 Å². The Morgan fingerprint density at radius 1 is 0.955 bits per heavy atom. The Morgan fingerprint density at radius 2 is 1.59 bits per heavy atom. The van der Waals surface area contributed by atoms with Crippen molar-refractivity contribution >= 4 is 41.5 Å². The first kappa shape index (κ1) is 19.9. The highest BCUT2D eigenvalue weighted by Crippen LogP contribution is 2.30. The fourth-order valence-corrected chi connectivity index (χ4v) is 4.15. The van der Waals surface area contributed by atoms with Crippen molar-refractivity contribution in [2.75, 3.05) is 16.2 Å². The van der Waals surface area contributed by atoms with E-state index >= 15 is 0 Å². The van der Waals surface area contributed by atoms with Gasteiger partial charge in [-0.2, -0.15) is 13.2 Å². The van der Waals surface area contributed by atoms with Crippen LogP contribution in [0.5, 0.6) is 0 Å². The van der Waals surface area contributed by atoms with Crippen LogP contribution >= 0.6 is 35.8 Å². The van der Waals surface area contributed by atoms with Crippen LogP contribution in [0, 0.1) is 27.7 Å². The van der Waals surface area contributed by atoms with Crippen molar-refractivity contribution in [2.24, 2.45) is 0 Å². The van der Waals surface area contributed by atoms with Gasteiger partial charge in [0, 0.05) is 23.5 Å². The van der Waals surface area contributed by atoms with E-state index in [0.29, 0.717) is 5.75 Å². The number of rotatable bonds is 8. The standard InChI is InChI=1S/C14H21F3N2S3/c1-9-8-10(2)13(12(4)11(9)3)18-20-6-5-7-21-19-22-14(15,16)17/h8,18-19H,5-7H2,1-4H3. The molecule has 0 aromatic heterocycles. The van der Waals surface area contributed by atoms with Crippen LogP contribution in [-0.4, -0.2) is 17.0 Å². The van der Waals surface area contributed by atoms with E-state index in [1.807, 2.05) is 0 Å². The predicted molar refractivity (Wildman–Crippen MR) is 95.3 cm³/mol. The van der Waals surface area contributed by atoms with E-state index in [-0.39, 0.29) is 11.9 Å². The molecule has 0 unspecified atom stereocenters. The number of aryl methyl sites for hydroxylation is 2.